The summed E-state index contributed by atoms with van der Waals surface area (Å²) in [6.07, 6.45) is 0. The van der Waals surface area contributed by atoms with Crippen LogP contribution in [0.1, 0.15) is 26.3 Å². The number of Topliss-reactive ketones (excluding diaryl/α,β-unsaturated/α-hetero) is 1. The Morgan fingerprint density at radius 3 is 1.79 bits per heavy atom. The van der Waals surface area contributed by atoms with Gasteiger partial charge in [-0.1, -0.05) is 54.6 Å². The van der Waals surface area contributed by atoms with Crippen molar-refractivity contribution in [2.75, 3.05) is 0 Å². The SMILES string of the molecule is O=C(Cn1c(O)ccc1O)c1ccc(C(=O)c2ccccc2)cc1. The highest BCUT2D eigenvalue weighted by Gasteiger charge is 2.14. The van der Waals surface area contributed by atoms with Crippen LogP contribution in [0, 0.1) is 0 Å². The number of ketones is 2. The van der Waals surface area contributed by atoms with Gasteiger partial charge in [0, 0.05) is 28.8 Å². The minimum absolute atomic E-state index is 0.115. The highest BCUT2D eigenvalue weighted by Crippen LogP contribution is 2.21. The van der Waals surface area contributed by atoms with Gasteiger partial charge >= 0.3 is 0 Å². The number of aromatic hydroxyl groups is 2. The third kappa shape index (κ3) is 3.05. The Bertz CT molecular complexity index is 860. The number of carbonyl (C=O) groups is 2. The second-order valence-electron chi connectivity index (χ2n) is 5.33. The number of hydrogen-bond donors (Lipinski definition) is 2. The molecule has 0 aliphatic rings. The van der Waals surface area contributed by atoms with Crippen molar-refractivity contribution in [2.24, 2.45) is 0 Å². The molecule has 0 fully saturated rings. The summed E-state index contributed by atoms with van der Waals surface area (Å²) in [5, 5.41) is 19.2. The summed E-state index contributed by atoms with van der Waals surface area (Å²) in [5.41, 5.74) is 1.47. The van der Waals surface area contributed by atoms with Crippen LogP contribution < -0.4 is 0 Å². The predicted octanol–water partition coefficient (Wildman–Crippen LogP) is 3.01. The van der Waals surface area contributed by atoms with Gasteiger partial charge < -0.3 is 10.2 Å². The molecule has 0 radical (unpaired) electrons. The Kier molecular flexibility index (Phi) is 4.16. The first-order valence-electron chi connectivity index (χ1n) is 7.37. The van der Waals surface area contributed by atoms with Crippen LogP contribution in [0.5, 0.6) is 11.8 Å². The molecule has 0 spiro atoms. The van der Waals surface area contributed by atoms with E-state index in [1.165, 1.54) is 12.1 Å². The van der Waals surface area contributed by atoms with E-state index in [1.54, 1.807) is 48.5 Å². The van der Waals surface area contributed by atoms with Gasteiger partial charge in [-0.25, -0.2) is 0 Å². The van der Waals surface area contributed by atoms with Crippen molar-refractivity contribution in [1.29, 1.82) is 0 Å². The van der Waals surface area contributed by atoms with Gasteiger partial charge in [-0.05, 0) is 0 Å². The Morgan fingerprint density at radius 1 is 0.708 bits per heavy atom. The largest absolute Gasteiger partial charge is 0.494 e. The van der Waals surface area contributed by atoms with Crippen molar-refractivity contribution < 1.29 is 19.8 Å². The van der Waals surface area contributed by atoms with E-state index in [0.717, 1.165) is 4.57 Å². The van der Waals surface area contributed by atoms with Gasteiger partial charge in [0.2, 0.25) is 0 Å². The molecule has 0 atom stereocenters. The minimum atomic E-state index is -0.282. The fourth-order valence-electron chi connectivity index (χ4n) is 2.41. The van der Waals surface area contributed by atoms with E-state index in [2.05, 4.69) is 0 Å². The van der Waals surface area contributed by atoms with Crippen molar-refractivity contribution in [3.8, 4) is 11.8 Å². The zero-order valence-electron chi connectivity index (χ0n) is 12.7. The Labute approximate surface area is 138 Å². The second kappa shape index (κ2) is 6.42. The Morgan fingerprint density at radius 2 is 1.21 bits per heavy atom. The van der Waals surface area contributed by atoms with E-state index in [9.17, 15) is 19.8 Å². The molecule has 5 nitrogen and oxygen atoms in total. The zero-order chi connectivity index (χ0) is 17.1. The molecule has 1 heterocycles. The van der Waals surface area contributed by atoms with Gasteiger partial charge in [0.25, 0.3) is 0 Å². The molecule has 2 N–H and O–H groups in total. The number of hydrogen-bond acceptors (Lipinski definition) is 4. The average Bonchev–Trinajstić information content (AvgIpc) is 2.94. The van der Waals surface area contributed by atoms with E-state index in [-0.39, 0.29) is 29.9 Å². The standard InChI is InChI=1S/C19H15NO4/c21-16(12-20-17(22)10-11-18(20)23)13-6-8-15(9-7-13)19(24)14-4-2-1-3-5-14/h1-11,22-23H,12H2. The van der Waals surface area contributed by atoms with E-state index in [0.29, 0.717) is 16.7 Å². The molecule has 1 aromatic heterocycles. The third-order valence-electron chi connectivity index (χ3n) is 3.74. The van der Waals surface area contributed by atoms with Crippen molar-refractivity contribution >= 4 is 11.6 Å². The van der Waals surface area contributed by atoms with Crippen LogP contribution in [-0.2, 0) is 6.54 Å². The van der Waals surface area contributed by atoms with E-state index >= 15 is 0 Å². The smallest absolute Gasteiger partial charge is 0.194 e. The summed E-state index contributed by atoms with van der Waals surface area (Å²) in [5.74, 6) is -0.765. The Balaban J connectivity index is 1.77. The van der Waals surface area contributed by atoms with Crippen LogP contribution in [0.25, 0.3) is 0 Å². The predicted molar refractivity (Wildman–Crippen MR) is 88.4 cm³/mol. The Hall–Kier alpha value is -3.34. The molecule has 24 heavy (non-hydrogen) atoms. The molecule has 2 aromatic carbocycles. The fraction of sp³-hybridized carbons (Fsp3) is 0.0526. The van der Waals surface area contributed by atoms with Gasteiger partial charge in [0.05, 0.1) is 6.54 Å². The van der Waals surface area contributed by atoms with Crippen LogP contribution in [0.3, 0.4) is 0 Å². The van der Waals surface area contributed by atoms with Gasteiger partial charge in [0.15, 0.2) is 23.3 Å². The summed E-state index contributed by atoms with van der Waals surface area (Å²) in [7, 11) is 0. The maximum Gasteiger partial charge on any atom is 0.194 e. The number of nitrogens with zero attached hydrogens (tertiary/aromatic N) is 1. The van der Waals surface area contributed by atoms with Crippen molar-refractivity contribution in [1.82, 2.24) is 4.57 Å². The first-order valence-corrected chi connectivity index (χ1v) is 7.37. The van der Waals surface area contributed by atoms with Crippen molar-refractivity contribution in [3.05, 3.63) is 83.4 Å². The maximum absolute atomic E-state index is 12.3. The number of carbonyl (C=O) groups excluding carboxylic acids is 2. The highest BCUT2D eigenvalue weighted by atomic mass is 16.3. The maximum atomic E-state index is 12.3. The molecule has 0 amide bonds. The topological polar surface area (TPSA) is 79.5 Å². The minimum Gasteiger partial charge on any atom is -0.494 e. The second-order valence-corrected chi connectivity index (χ2v) is 5.33. The van der Waals surface area contributed by atoms with Crippen LogP contribution in [0.2, 0.25) is 0 Å². The van der Waals surface area contributed by atoms with Crippen LogP contribution in [0.15, 0.2) is 66.7 Å². The molecule has 3 rings (SSSR count). The molecule has 3 aromatic rings. The average molecular weight is 321 g/mol. The molecule has 0 unspecified atom stereocenters. The molecule has 0 aliphatic carbocycles. The molecule has 0 saturated carbocycles. The van der Waals surface area contributed by atoms with E-state index in [4.69, 9.17) is 0 Å². The van der Waals surface area contributed by atoms with Gasteiger partial charge in [0.1, 0.15) is 0 Å². The van der Waals surface area contributed by atoms with Gasteiger partial charge in [-0.2, -0.15) is 0 Å². The molecular formula is C19H15NO4. The fourth-order valence-corrected chi connectivity index (χ4v) is 2.41. The first kappa shape index (κ1) is 15.6. The normalized spacial score (nSPS) is 10.5. The molecule has 120 valence electrons. The summed E-state index contributed by atoms with van der Waals surface area (Å²) in [6.45, 7) is -0.184. The quantitative estimate of drug-likeness (QED) is 0.708. The third-order valence-corrected chi connectivity index (χ3v) is 3.74. The molecule has 0 bridgehead atoms. The summed E-state index contributed by atoms with van der Waals surface area (Å²) in [6, 6.07) is 17.8. The zero-order valence-corrected chi connectivity index (χ0v) is 12.7. The lowest BCUT2D eigenvalue weighted by molar-refractivity contribution is 0.0963. The lowest BCUT2D eigenvalue weighted by atomic mass is 10.0. The highest BCUT2D eigenvalue weighted by molar-refractivity contribution is 6.09. The van der Waals surface area contributed by atoms with Crippen LogP contribution in [0.4, 0.5) is 0 Å². The van der Waals surface area contributed by atoms with Gasteiger partial charge in [-0.15, -0.1) is 0 Å². The van der Waals surface area contributed by atoms with Crippen LogP contribution >= 0.6 is 0 Å². The number of rotatable bonds is 5. The molecule has 0 aliphatic heterocycles. The lowest BCUT2D eigenvalue weighted by Crippen LogP contribution is -2.10. The monoisotopic (exact) mass is 321 g/mol. The van der Waals surface area contributed by atoms with Crippen molar-refractivity contribution in [3.63, 3.8) is 0 Å². The summed E-state index contributed by atoms with van der Waals surface area (Å²) >= 11 is 0. The molecule has 5 heteroatoms. The van der Waals surface area contributed by atoms with E-state index in [1.807, 2.05) is 6.07 Å². The van der Waals surface area contributed by atoms with E-state index < -0.39 is 0 Å². The summed E-state index contributed by atoms with van der Waals surface area (Å²) in [4.78, 5) is 24.6. The first-order chi connectivity index (χ1) is 11.6. The van der Waals surface area contributed by atoms with Crippen molar-refractivity contribution in [2.45, 2.75) is 6.54 Å². The molecular weight excluding hydrogens is 306 g/mol. The number of aromatic nitrogens is 1. The van der Waals surface area contributed by atoms with Gasteiger partial charge in [-0.3, -0.25) is 14.2 Å². The lowest BCUT2D eigenvalue weighted by Gasteiger charge is -2.07. The summed E-state index contributed by atoms with van der Waals surface area (Å²) < 4.78 is 1.10. The molecule has 0 saturated heterocycles. The van der Waals surface area contributed by atoms with Crippen LogP contribution in [-0.4, -0.2) is 26.3 Å². The number of benzene rings is 2.